The van der Waals surface area contributed by atoms with Crippen molar-refractivity contribution in [2.24, 2.45) is 0 Å². The van der Waals surface area contributed by atoms with E-state index in [-0.39, 0.29) is 11.9 Å². The molecule has 0 radical (unpaired) electrons. The molecular weight excluding hydrogens is 248 g/mol. The Hall–Kier alpha value is -1.95. The number of nitrogens with one attached hydrogen (secondary N) is 1. The minimum Gasteiger partial charge on any atom is -0.479 e. The van der Waals surface area contributed by atoms with Gasteiger partial charge in [-0.05, 0) is 31.4 Å². The summed E-state index contributed by atoms with van der Waals surface area (Å²) in [6.07, 6.45) is 2.59. The Morgan fingerprint density at radius 2 is 2.21 bits per heavy atom. The van der Waals surface area contributed by atoms with Crippen LogP contribution in [0.1, 0.15) is 31.4 Å². The van der Waals surface area contributed by atoms with Gasteiger partial charge in [0.05, 0.1) is 6.04 Å². The minimum atomic E-state index is -1.02. The molecule has 2 heterocycles. The van der Waals surface area contributed by atoms with Gasteiger partial charge in [-0.3, -0.25) is 9.78 Å². The molecule has 1 aliphatic heterocycles. The molecule has 102 valence electrons. The molecular formula is C13H16N2O4. The maximum atomic E-state index is 11.9. The number of aromatic nitrogens is 1. The standard InChI is InChI=1S/C13H16N2O4/c1-8(9-3-2-6-14-7-9)15-12(16)10-4-5-11(19-10)13(17)18/h2-3,6-8,10-11H,4-5H2,1H3,(H,15,16)(H,17,18)/t8-,10-,11+/m0/s1. The van der Waals surface area contributed by atoms with Crippen molar-refractivity contribution in [3.63, 3.8) is 0 Å². The van der Waals surface area contributed by atoms with E-state index in [4.69, 9.17) is 9.84 Å². The van der Waals surface area contributed by atoms with Crippen LogP contribution in [0.4, 0.5) is 0 Å². The number of aliphatic carboxylic acids is 1. The highest BCUT2D eigenvalue weighted by Gasteiger charge is 2.35. The van der Waals surface area contributed by atoms with E-state index in [9.17, 15) is 9.59 Å². The first-order chi connectivity index (χ1) is 9.08. The van der Waals surface area contributed by atoms with Crippen molar-refractivity contribution in [3.05, 3.63) is 30.1 Å². The van der Waals surface area contributed by atoms with Gasteiger partial charge in [0.2, 0.25) is 5.91 Å². The number of carboxylic acids is 1. The van der Waals surface area contributed by atoms with Gasteiger partial charge in [-0.1, -0.05) is 6.07 Å². The van der Waals surface area contributed by atoms with Gasteiger partial charge in [-0.15, -0.1) is 0 Å². The van der Waals surface area contributed by atoms with Gasteiger partial charge in [0, 0.05) is 12.4 Å². The van der Waals surface area contributed by atoms with Crippen molar-refractivity contribution in [2.75, 3.05) is 0 Å². The highest BCUT2D eigenvalue weighted by molar-refractivity contribution is 5.82. The van der Waals surface area contributed by atoms with Crippen molar-refractivity contribution in [1.29, 1.82) is 0 Å². The number of hydrogen-bond donors (Lipinski definition) is 2. The predicted molar refractivity (Wildman–Crippen MR) is 66.3 cm³/mol. The lowest BCUT2D eigenvalue weighted by molar-refractivity contribution is -0.151. The van der Waals surface area contributed by atoms with Crippen molar-refractivity contribution >= 4 is 11.9 Å². The summed E-state index contributed by atoms with van der Waals surface area (Å²) in [4.78, 5) is 26.7. The Morgan fingerprint density at radius 1 is 1.47 bits per heavy atom. The maximum absolute atomic E-state index is 11.9. The summed E-state index contributed by atoms with van der Waals surface area (Å²) in [7, 11) is 0. The van der Waals surface area contributed by atoms with Crippen molar-refractivity contribution in [3.8, 4) is 0 Å². The number of ether oxygens (including phenoxy) is 1. The summed E-state index contributed by atoms with van der Waals surface area (Å²) >= 11 is 0. The van der Waals surface area contributed by atoms with E-state index in [0.29, 0.717) is 12.8 Å². The molecule has 3 atom stereocenters. The third-order valence-corrected chi connectivity index (χ3v) is 3.13. The molecule has 2 rings (SSSR count). The number of pyridine rings is 1. The highest BCUT2D eigenvalue weighted by Crippen LogP contribution is 2.21. The topological polar surface area (TPSA) is 88.5 Å². The molecule has 1 aliphatic rings. The lowest BCUT2D eigenvalue weighted by Crippen LogP contribution is -2.37. The fourth-order valence-corrected chi connectivity index (χ4v) is 2.03. The molecule has 0 aromatic carbocycles. The van der Waals surface area contributed by atoms with Crippen molar-refractivity contribution < 1.29 is 19.4 Å². The zero-order valence-corrected chi connectivity index (χ0v) is 10.6. The summed E-state index contributed by atoms with van der Waals surface area (Å²) in [6, 6.07) is 3.48. The highest BCUT2D eigenvalue weighted by atomic mass is 16.5. The molecule has 6 heteroatoms. The molecule has 0 saturated carbocycles. The first-order valence-electron chi connectivity index (χ1n) is 6.16. The third-order valence-electron chi connectivity index (χ3n) is 3.13. The van der Waals surface area contributed by atoms with Crippen LogP contribution in [0.2, 0.25) is 0 Å². The lowest BCUT2D eigenvalue weighted by atomic mass is 10.1. The predicted octanol–water partition coefficient (Wildman–Crippen LogP) is 0.891. The zero-order chi connectivity index (χ0) is 13.8. The Morgan fingerprint density at radius 3 is 2.79 bits per heavy atom. The van der Waals surface area contributed by atoms with E-state index < -0.39 is 18.2 Å². The van der Waals surface area contributed by atoms with Crippen LogP contribution in [-0.2, 0) is 14.3 Å². The first kappa shape index (κ1) is 13.5. The van der Waals surface area contributed by atoms with Crippen LogP contribution in [0.5, 0.6) is 0 Å². The molecule has 0 unspecified atom stereocenters. The summed E-state index contributed by atoms with van der Waals surface area (Å²) in [5.41, 5.74) is 0.892. The second-order valence-corrected chi connectivity index (χ2v) is 4.55. The van der Waals surface area contributed by atoms with Gasteiger partial charge in [0.1, 0.15) is 6.10 Å². The Kier molecular flexibility index (Phi) is 4.11. The molecule has 19 heavy (non-hydrogen) atoms. The van der Waals surface area contributed by atoms with Crippen LogP contribution in [0.25, 0.3) is 0 Å². The second kappa shape index (κ2) is 5.79. The van der Waals surface area contributed by atoms with Crippen LogP contribution in [0.3, 0.4) is 0 Å². The van der Waals surface area contributed by atoms with Crippen LogP contribution < -0.4 is 5.32 Å². The number of amides is 1. The Labute approximate surface area is 110 Å². The monoisotopic (exact) mass is 264 g/mol. The summed E-state index contributed by atoms with van der Waals surface area (Å²) in [5.74, 6) is -1.30. The smallest absolute Gasteiger partial charge is 0.332 e. The normalized spacial score (nSPS) is 23.8. The van der Waals surface area contributed by atoms with E-state index in [1.54, 1.807) is 18.5 Å². The summed E-state index contributed by atoms with van der Waals surface area (Å²) in [6.45, 7) is 1.85. The van der Waals surface area contributed by atoms with Gasteiger partial charge in [-0.2, -0.15) is 0 Å². The van der Waals surface area contributed by atoms with E-state index >= 15 is 0 Å². The quantitative estimate of drug-likeness (QED) is 0.843. The average molecular weight is 264 g/mol. The number of hydrogen-bond acceptors (Lipinski definition) is 4. The van der Waals surface area contributed by atoms with Crippen LogP contribution in [0, 0.1) is 0 Å². The Bertz CT molecular complexity index is 463. The molecule has 1 aromatic rings. The van der Waals surface area contributed by atoms with Gasteiger partial charge >= 0.3 is 5.97 Å². The Balaban J connectivity index is 1.90. The number of rotatable bonds is 4. The molecule has 0 bridgehead atoms. The van der Waals surface area contributed by atoms with Crippen LogP contribution in [-0.4, -0.2) is 34.2 Å². The van der Waals surface area contributed by atoms with Gasteiger partial charge in [-0.25, -0.2) is 4.79 Å². The molecule has 1 amide bonds. The van der Waals surface area contributed by atoms with Crippen molar-refractivity contribution in [2.45, 2.75) is 38.0 Å². The van der Waals surface area contributed by atoms with Gasteiger partial charge < -0.3 is 15.2 Å². The van der Waals surface area contributed by atoms with Gasteiger partial charge in [0.25, 0.3) is 0 Å². The van der Waals surface area contributed by atoms with E-state index in [2.05, 4.69) is 10.3 Å². The van der Waals surface area contributed by atoms with E-state index in [0.717, 1.165) is 5.56 Å². The average Bonchev–Trinajstić information content (AvgIpc) is 2.89. The number of carbonyl (C=O) groups is 2. The number of carboxylic acid groups (broad SMARTS) is 1. The summed E-state index contributed by atoms with van der Waals surface area (Å²) < 4.78 is 5.19. The minimum absolute atomic E-state index is 0.186. The zero-order valence-electron chi connectivity index (χ0n) is 10.6. The van der Waals surface area contributed by atoms with Crippen molar-refractivity contribution in [1.82, 2.24) is 10.3 Å². The second-order valence-electron chi connectivity index (χ2n) is 4.55. The molecule has 1 fully saturated rings. The maximum Gasteiger partial charge on any atom is 0.332 e. The molecule has 6 nitrogen and oxygen atoms in total. The van der Waals surface area contributed by atoms with Crippen LogP contribution >= 0.6 is 0 Å². The molecule has 0 aliphatic carbocycles. The van der Waals surface area contributed by atoms with Gasteiger partial charge in [0.15, 0.2) is 6.10 Å². The third kappa shape index (κ3) is 3.29. The molecule has 1 saturated heterocycles. The van der Waals surface area contributed by atoms with Crippen LogP contribution in [0.15, 0.2) is 24.5 Å². The SMILES string of the molecule is C[C@H](NC(=O)[C@@H]1CC[C@H](C(=O)O)O1)c1cccnc1. The van der Waals surface area contributed by atoms with E-state index in [1.165, 1.54) is 0 Å². The number of nitrogens with zero attached hydrogens (tertiary/aromatic N) is 1. The molecule has 1 aromatic heterocycles. The molecule has 2 N–H and O–H groups in total. The lowest BCUT2D eigenvalue weighted by Gasteiger charge is -2.17. The number of carbonyl (C=O) groups excluding carboxylic acids is 1. The largest absolute Gasteiger partial charge is 0.479 e. The van der Waals surface area contributed by atoms with E-state index in [1.807, 2.05) is 13.0 Å². The first-order valence-corrected chi connectivity index (χ1v) is 6.16. The molecule has 0 spiro atoms. The summed E-state index contributed by atoms with van der Waals surface area (Å²) in [5, 5.41) is 11.6. The fourth-order valence-electron chi connectivity index (χ4n) is 2.03. The fraction of sp³-hybridized carbons (Fsp3) is 0.462.